The number of hydrogen-bond donors (Lipinski definition) is 1. The first kappa shape index (κ1) is 14.6. The Morgan fingerprint density at radius 3 is 2.72 bits per heavy atom. The number of aliphatic carboxylic acids is 1. The van der Waals surface area contributed by atoms with Crippen LogP contribution in [0.25, 0.3) is 0 Å². The zero-order valence-electron chi connectivity index (χ0n) is 11.3. The summed E-state index contributed by atoms with van der Waals surface area (Å²) in [5.41, 5.74) is -0.907. The van der Waals surface area contributed by atoms with E-state index in [0.717, 1.165) is 0 Å². The summed E-state index contributed by atoms with van der Waals surface area (Å²) >= 11 is 0. The lowest BCUT2D eigenvalue weighted by Crippen LogP contribution is -2.35. The molecule has 6 nitrogen and oxygen atoms in total. The highest BCUT2D eigenvalue weighted by Crippen LogP contribution is 2.31. The van der Waals surface area contributed by atoms with Gasteiger partial charge in [0.15, 0.2) is 5.82 Å². The van der Waals surface area contributed by atoms with E-state index >= 15 is 0 Å². The standard InChI is InChI=1S/C12H20N2O4/c1-5-17-7-9-13-10(18-14-9)6-12(4,8(2)3)11(15)16/h8H,5-7H2,1-4H3,(H,15,16). The highest BCUT2D eigenvalue weighted by molar-refractivity contribution is 5.74. The molecule has 18 heavy (non-hydrogen) atoms. The van der Waals surface area contributed by atoms with Crippen molar-refractivity contribution >= 4 is 5.97 Å². The highest BCUT2D eigenvalue weighted by atomic mass is 16.5. The molecule has 102 valence electrons. The maximum absolute atomic E-state index is 11.3. The molecule has 1 rings (SSSR count). The lowest BCUT2D eigenvalue weighted by atomic mass is 9.76. The molecule has 6 heteroatoms. The van der Waals surface area contributed by atoms with Gasteiger partial charge in [0.05, 0.1) is 5.41 Å². The van der Waals surface area contributed by atoms with E-state index in [2.05, 4.69) is 10.1 Å². The van der Waals surface area contributed by atoms with Crippen LogP contribution >= 0.6 is 0 Å². The maximum atomic E-state index is 11.3. The van der Waals surface area contributed by atoms with Crippen LogP contribution in [0.2, 0.25) is 0 Å². The third-order valence-corrected chi connectivity index (χ3v) is 3.23. The summed E-state index contributed by atoms with van der Waals surface area (Å²) < 4.78 is 10.2. The fourth-order valence-electron chi connectivity index (χ4n) is 1.45. The average Bonchev–Trinajstić information content (AvgIpc) is 2.73. The van der Waals surface area contributed by atoms with Crippen LogP contribution in [0, 0.1) is 11.3 Å². The highest BCUT2D eigenvalue weighted by Gasteiger charge is 2.38. The van der Waals surface area contributed by atoms with Crippen molar-refractivity contribution in [1.82, 2.24) is 10.1 Å². The van der Waals surface area contributed by atoms with Gasteiger partial charge in [0.1, 0.15) is 6.61 Å². The molecule has 0 saturated heterocycles. The largest absolute Gasteiger partial charge is 0.481 e. The number of carboxylic acids is 1. The van der Waals surface area contributed by atoms with Crippen LogP contribution in [0.15, 0.2) is 4.52 Å². The van der Waals surface area contributed by atoms with Gasteiger partial charge in [0.25, 0.3) is 0 Å². The summed E-state index contributed by atoms with van der Waals surface area (Å²) in [6, 6.07) is 0. The van der Waals surface area contributed by atoms with Gasteiger partial charge in [-0.15, -0.1) is 0 Å². The number of ether oxygens (including phenoxy) is 1. The SMILES string of the molecule is CCOCc1noc(CC(C)(C(=O)O)C(C)C)n1. The Bertz CT molecular complexity index is 403. The molecule has 0 amide bonds. The van der Waals surface area contributed by atoms with E-state index in [-0.39, 0.29) is 18.9 Å². The van der Waals surface area contributed by atoms with Crippen molar-refractivity contribution in [2.24, 2.45) is 11.3 Å². The Balaban J connectivity index is 2.76. The normalized spacial score (nSPS) is 14.7. The molecular formula is C12H20N2O4. The molecule has 1 N–H and O–H groups in total. The summed E-state index contributed by atoms with van der Waals surface area (Å²) in [6.45, 7) is 8.15. The second kappa shape index (κ2) is 5.95. The van der Waals surface area contributed by atoms with Gasteiger partial charge in [-0.25, -0.2) is 0 Å². The van der Waals surface area contributed by atoms with Crippen LogP contribution in [0.1, 0.15) is 39.4 Å². The van der Waals surface area contributed by atoms with Crippen molar-refractivity contribution in [2.75, 3.05) is 6.61 Å². The minimum atomic E-state index is -0.907. The van der Waals surface area contributed by atoms with Gasteiger partial charge in [-0.1, -0.05) is 19.0 Å². The molecule has 0 bridgehead atoms. The smallest absolute Gasteiger partial charge is 0.310 e. The van der Waals surface area contributed by atoms with Crippen molar-refractivity contribution in [3.8, 4) is 0 Å². The van der Waals surface area contributed by atoms with Gasteiger partial charge in [0, 0.05) is 13.0 Å². The van der Waals surface area contributed by atoms with Gasteiger partial charge in [-0.05, 0) is 19.8 Å². The summed E-state index contributed by atoms with van der Waals surface area (Å²) in [7, 11) is 0. The van der Waals surface area contributed by atoms with Gasteiger partial charge < -0.3 is 14.4 Å². The quantitative estimate of drug-likeness (QED) is 0.801. The van der Waals surface area contributed by atoms with E-state index < -0.39 is 11.4 Å². The van der Waals surface area contributed by atoms with Crippen LogP contribution in [0.4, 0.5) is 0 Å². The van der Waals surface area contributed by atoms with Crippen molar-refractivity contribution in [1.29, 1.82) is 0 Å². The van der Waals surface area contributed by atoms with Crippen LogP contribution < -0.4 is 0 Å². The second-order valence-corrected chi connectivity index (χ2v) is 4.80. The number of nitrogens with zero attached hydrogens (tertiary/aromatic N) is 2. The molecule has 0 saturated carbocycles. The number of carboxylic acid groups (broad SMARTS) is 1. The molecule has 1 unspecified atom stereocenters. The molecule has 0 aliphatic rings. The van der Waals surface area contributed by atoms with Gasteiger partial charge in [0.2, 0.25) is 5.89 Å². The van der Waals surface area contributed by atoms with Crippen molar-refractivity contribution in [2.45, 2.75) is 40.7 Å². The lowest BCUT2D eigenvalue weighted by molar-refractivity contribution is -0.150. The molecule has 1 heterocycles. The predicted molar refractivity (Wildman–Crippen MR) is 63.9 cm³/mol. The summed E-state index contributed by atoms with van der Waals surface area (Å²) in [5.74, 6) is -0.106. The molecule has 1 atom stereocenters. The Morgan fingerprint density at radius 1 is 1.56 bits per heavy atom. The van der Waals surface area contributed by atoms with Crippen LogP contribution in [-0.4, -0.2) is 27.8 Å². The van der Waals surface area contributed by atoms with Gasteiger partial charge in [-0.2, -0.15) is 4.98 Å². The molecule has 1 aromatic rings. The topological polar surface area (TPSA) is 85.5 Å². The Kier molecular flexibility index (Phi) is 4.84. The fraction of sp³-hybridized carbons (Fsp3) is 0.750. The van der Waals surface area contributed by atoms with E-state index in [9.17, 15) is 9.90 Å². The number of carbonyl (C=O) groups is 1. The zero-order valence-corrected chi connectivity index (χ0v) is 11.3. The van der Waals surface area contributed by atoms with Gasteiger partial charge >= 0.3 is 5.97 Å². The van der Waals surface area contributed by atoms with Crippen molar-refractivity contribution < 1.29 is 19.2 Å². The van der Waals surface area contributed by atoms with E-state index in [1.54, 1.807) is 6.92 Å². The summed E-state index contributed by atoms with van der Waals surface area (Å²) in [5, 5.41) is 13.1. The van der Waals surface area contributed by atoms with E-state index in [1.165, 1.54) is 0 Å². The zero-order chi connectivity index (χ0) is 13.8. The van der Waals surface area contributed by atoms with E-state index in [4.69, 9.17) is 9.26 Å². The Morgan fingerprint density at radius 2 is 2.22 bits per heavy atom. The molecule has 0 radical (unpaired) electrons. The first-order valence-electron chi connectivity index (χ1n) is 6.02. The number of rotatable bonds is 7. The minimum absolute atomic E-state index is 0.0303. The summed E-state index contributed by atoms with van der Waals surface area (Å²) in [6.07, 6.45) is 0.221. The lowest BCUT2D eigenvalue weighted by Gasteiger charge is -2.27. The number of hydrogen-bond acceptors (Lipinski definition) is 5. The first-order valence-corrected chi connectivity index (χ1v) is 6.02. The molecule has 0 aliphatic heterocycles. The monoisotopic (exact) mass is 256 g/mol. The van der Waals surface area contributed by atoms with Crippen molar-refractivity contribution in [3.05, 3.63) is 11.7 Å². The average molecular weight is 256 g/mol. The molecule has 0 aromatic carbocycles. The Labute approximate surface area is 106 Å². The van der Waals surface area contributed by atoms with E-state index in [1.807, 2.05) is 20.8 Å². The summed E-state index contributed by atoms with van der Waals surface area (Å²) in [4.78, 5) is 15.5. The molecule has 0 fully saturated rings. The van der Waals surface area contributed by atoms with E-state index in [0.29, 0.717) is 18.3 Å². The fourth-order valence-corrected chi connectivity index (χ4v) is 1.45. The molecule has 0 spiro atoms. The minimum Gasteiger partial charge on any atom is -0.481 e. The Hall–Kier alpha value is -1.43. The molecule has 1 aromatic heterocycles. The number of aromatic nitrogens is 2. The first-order chi connectivity index (χ1) is 8.40. The third-order valence-electron chi connectivity index (χ3n) is 3.23. The predicted octanol–water partition coefficient (Wildman–Crippen LogP) is 1.90. The maximum Gasteiger partial charge on any atom is 0.310 e. The third kappa shape index (κ3) is 3.29. The van der Waals surface area contributed by atoms with Crippen LogP contribution in [-0.2, 0) is 22.6 Å². The van der Waals surface area contributed by atoms with Crippen molar-refractivity contribution in [3.63, 3.8) is 0 Å². The van der Waals surface area contributed by atoms with Crippen LogP contribution in [0.5, 0.6) is 0 Å². The molecular weight excluding hydrogens is 236 g/mol. The van der Waals surface area contributed by atoms with Crippen LogP contribution in [0.3, 0.4) is 0 Å². The molecule has 0 aliphatic carbocycles. The second-order valence-electron chi connectivity index (χ2n) is 4.80. The van der Waals surface area contributed by atoms with Gasteiger partial charge in [-0.3, -0.25) is 4.79 Å².